The molecule has 2 aromatic rings. The van der Waals surface area contributed by atoms with Gasteiger partial charge < -0.3 is 0 Å². The van der Waals surface area contributed by atoms with Crippen LogP contribution in [-0.4, -0.2) is 41.0 Å². The van der Waals surface area contributed by atoms with Crippen LogP contribution in [0.4, 0.5) is 4.39 Å². The fourth-order valence-electron chi connectivity index (χ4n) is 4.09. The van der Waals surface area contributed by atoms with Crippen LogP contribution in [-0.2, 0) is 13.1 Å². The molecular weight excluding hydrogens is 289 g/mol. The topological polar surface area (TPSA) is 19.4 Å². The number of benzene rings is 1. The maximum Gasteiger partial charge on any atom is 0.123 e. The first-order chi connectivity index (χ1) is 11.3. The summed E-state index contributed by atoms with van der Waals surface area (Å²) in [6.07, 6.45) is 3.79. The van der Waals surface area contributed by atoms with Crippen molar-refractivity contribution in [2.75, 3.05) is 26.2 Å². The van der Waals surface area contributed by atoms with Crippen molar-refractivity contribution in [2.24, 2.45) is 11.8 Å². The minimum Gasteiger partial charge on any atom is -0.298 e. The summed E-state index contributed by atoms with van der Waals surface area (Å²) in [4.78, 5) is 9.22. The second kappa shape index (κ2) is 6.38. The first-order valence-electron chi connectivity index (χ1n) is 8.34. The molecule has 0 N–H and O–H groups in total. The molecule has 3 heterocycles. The van der Waals surface area contributed by atoms with Gasteiger partial charge >= 0.3 is 0 Å². The molecule has 2 aliphatic rings. The molecule has 1 aromatic carbocycles. The van der Waals surface area contributed by atoms with E-state index in [1.54, 1.807) is 12.1 Å². The highest BCUT2D eigenvalue weighted by atomic mass is 19.1. The zero-order valence-corrected chi connectivity index (χ0v) is 13.2. The number of aromatic nitrogens is 1. The van der Waals surface area contributed by atoms with Crippen LogP contribution in [0.2, 0.25) is 0 Å². The average Bonchev–Trinajstić information content (AvgIpc) is 3.06. The first-order valence-corrected chi connectivity index (χ1v) is 8.34. The van der Waals surface area contributed by atoms with Crippen molar-refractivity contribution in [1.82, 2.24) is 14.8 Å². The van der Waals surface area contributed by atoms with Gasteiger partial charge in [0.05, 0.1) is 0 Å². The van der Waals surface area contributed by atoms with E-state index in [2.05, 4.69) is 20.9 Å². The van der Waals surface area contributed by atoms with Gasteiger partial charge in [0.1, 0.15) is 5.82 Å². The summed E-state index contributed by atoms with van der Waals surface area (Å²) in [5.41, 5.74) is 2.38. The van der Waals surface area contributed by atoms with Crippen LogP contribution in [0.15, 0.2) is 48.8 Å². The maximum atomic E-state index is 13.3. The molecule has 2 aliphatic heterocycles. The van der Waals surface area contributed by atoms with Crippen LogP contribution in [0.25, 0.3) is 0 Å². The molecule has 2 unspecified atom stereocenters. The van der Waals surface area contributed by atoms with Crippen LogP contribution in [0.1, 0.15) is 11.1 Å². The number of hydrogen-bond acceptors (Lipinski definition) is 3. The standard InChI is InChI=1S/C19H22FN3/c20-19-5-1-3-15(7-19)9-22-11-17-13-23(14-18(17)12-22)10-16-4-2-6-21-8-16/h1-8,17-18H,9-14H2. The highest BCUT2D eigenvalue weighted by Crippen LogP contribution is 2.32. The van der Waals surface area contributed by atoms with Crippen LogP contribution in [0.3, 0.4) is 0 Å². The van der Waals surface area contributed by atoms with Gasteiger partial charge in [-0.2, -0.15) is 0 Å². The Morgan fingerprint density at radius 3 is 2.17 bits per heavy atom. The molecule has 2 saturated heterocycles. The maximum absolute atomic E-state index is 13.3. The van der Waals surface area contributed by atoms with Gasteiger partial charge in [0, 0.05) is 51.7 Å². The minimum absolute atomic E-state index is 0.135. The lowest BCUT2D eigenvalue weighted by atomic mass is 10.0. The van der Waals surface area contributed by atoms with Gasteiger partial charge in [-0.05, 0) is 41.2 Å². The zero-order chi connectivity index (χ0) is 15.6. The SMILES string of the molecule is Fc1cccc(CN2CC3CN(Cc4cccnc4)CC3C2)c1. The van der Waals surface area contributed by atoms with Crippen molar-refractivity contribution in [2.45, 2.75) is 13.1 Å². The van der Waals surface area contributed by atoms with Crippen molar-refractivity contribution in [3.05, 3.63) is 65.7 Å². The summed E-state index contributed by atoms with van der Waals surface area (Å²) in [6, 6.07) is 11.1. The largest absolute Gasteiger partial charge is 0.298 e. The molecule has 0 radical (unpaired) electrons. The molecular formula is C19H22FN3. The molecule has 23 heavy (non-hydrogen) atoms. The van der Waals surface area contributed by atoms with E-state index in [0.717, 1.165) is 43.6 Å². The molecule has 0 bridgehead atoms. The Morgan fingerprint density at radius 1 is 0.913 bits per heavy atom. The fourth-order valence-corrected chi connectivity index (χ4v) is 4.09. The highest BCUT2D eigenvalue weighted by molar-refractivity contribution is 5.16. The predicted octanol–water partition coefficient (Wildman–Crippen LogP) is 2.78. The smallest absolute Gasteiger partial charge is 0.123 e. The molecule has 0 saturated carbocycles. The number of halogens is 1. The molecule has 0 aliphatic carbocycles. The van der Waals surface area contributed by atoms with E-state index in [0.29, 0.717) is 0 Å². The third-order valence-electron chi connectivity index (χ3n) is 5.06. The van der Waals surface area contributed by atoms with Crippen LogP contribution in [0, 0.1) is 17.7 Å². The van der Waals surface area contributed by atoms with Gasteiger partial charge in [0.2, 0.25) is 0 Å². The minimum atomic E-state index is -0.135. The summed E-state index contributed by atoms with van der Waals surface area (Å²) < 4.78 is 13.3. The van der Waals surface area contributed by atoms with Crippen LogP contribution in [0.5, 0.6) is 0 Å². The highest BCUT2D eigenvalue weighted by Gasteiger charge is 2.39. The van der Waals surface area contributed by atoms with Crippen molar-refractivity contribution in [1.29, 1.82) is 0 Å². The number of nitrogens with zero attached hydrogens (tertiary/aromatic N) is 3. The van der Waals surface area contributed by atoms with E-state index >= 15 is 0 Å². The number of likely N-dealkylation sites (tertiary alicyclic amines) is 2. The predicted molar refractivity (Wildman–Crippen MR) is 88.2 cm³/mol. The average molecular weight is 311 g/mol. The van der Waals surface area contributed by atoms with Crippen molar-refractivity contribution < 1.29 is 4.39 Å². The lowest BCUT2D eigenvalue weighted by Gasteiger charge is -2.21. The Bertz CT molecular complexity index is 647. The normalized spacial score (nSPS) is 24.9. The Hall–Kier alpha value is -1.78. The van der Waals surface area contributed by atoms with Gasteiger partial charge in [0.25, 0.3) is 0 Å². The number of rotatable bonds is 4. The van der Waals surface area contributed by atoms with E-state index in [-0.39, 0.29) is 5.82 Å². The second-order valence-electron chi connectivity index (χ2n) is 6.90. The molecule has 1 aromatic heterocycles. The number of pyridine rings is 1. The Morgan fingerprint density at radius 2 is 1.57 bits per heavy atom. The monoisotopic (exact) mass is 311 g/mol. The van der Waals surface area contributed by atoms with Gasteiger partial charge in [-0.1, -0.05) is 18.2 Å². The summed E-state index contributed by atoms with van der Waals surface area (Å²) in [6.45, 7) is 6.46. The second-order valence-corrected chi connectivity index (χ2v) is 6.90. The van der Waals surface area contributed by atoms with Gasteiger partial charge in [-0.3, -0.25) is 14.8 Å². The summed E-state index contributed by atoms with van der Waals surface area (Å²) in [5.74, 6) is 1.37. The fraction of sp³-hybridized carbons (Fsp3) is 0.421. The summed E-state index contributed by atoms with van der Waals surface area (Å²) >= 11 is 0. The molecule has 4 rings (SSSR count). The van der Waals surface area contributed by atoms with E-state index in [4.69, 9.17) is 0 Å². The van der Waals surface area contributed by atoms with E-state index in [1.165, 1.54) is 24.7 Å². The lowest BCUT2D eigenvalue weighted by molar-refractivity contribution is 0.246. The Labute approximate surface area is 136 Å². The first kappa shape index (κ1) is 14.8. The van der Waals surface area contributed by atoms with Gasteiger partial charge in [0.15, 0.2) is 0 Å². The number of fused-ring (bicyclic) bond motifs is 1. The third kappa shape index (κ3) is 3.43. The molecule has 2 atom stereocenters. The Balaban J connectivity index is 1.31. The van der Waals surface area contributed by atoms with E-state index in [9.17, 15) is 4.39 Å². The van der Waals surface area contributed by atoms with E-state index < -0.39 is 0 Å². The summed E-state index contributed by atoms with van der Waals surface area (Å²) in [7, 11) is 0. The summed E-state index contributed by atoms with van der Waals surface area (Å²) in [5, 5.41) is 0. The van der Waals surface area contributed by atoms with Crippen molar-refractivity contribution in [3.63, 3.8) is 0 Å². The number of hydrogen-bond donors (Lipinski definition) is 0. The van der Waals surface area contributed by atoms with Crippen molar-refractivity contribution in [3.8, 4) is 0 Å². The van der Waals surface area contributed by atoms with Crippen molar-refractivity contribution >= 4 is 0 Å². The van der Waals surface area contributed by atoms with Gasteiger partial charge in [-0.15, -0.1) is 0 Å². The third-order valence-corrected chi connectivity index (χ3v) is 5.06. The molecule has 3 nitrogen and oxygen atoms in total. The quantitative estimate of drug-likeness (QED) is 0.865. The molecule has 2 fully saturated rings. The van der Waals surface area contributed by atoms with Gasteiger partial charge in [-0.25, -0.2) is 4.39 Å². The molecule has 4 heteroatoms. The molecule has 0 spiro atoms. The van der Waals surface area contributed by atoms with Crippen LogP contribution < -0.4 is 0 Å². The lowest BCUT2D eigenvalue weighted by Crippen LogP contribution is -2.28. The van der Waals surface area contributed by atoms with Crippen LogP contribution >= 0.6 is 0 Å². The Kier molecular flexibility index (Phi) is 4.10. The molecule has 0 amide bonds. The van der Waals surface area contributed by atoms with E-state index in [1.807, 2.05) is 24.5 Å². The zero-order valence-electron chi connectivity index (χ0n) is 13.2. The molecule has 120 valence electrons.